The molecule has 0 bridgehead atoms. The van der Waals surface area contributed by atoms with E-state index in [0.29, 0.717) is 11.5 Å². The topological polar surface area (TPSA) is 55.6 Å². The normalized spacial score (nSPS) is 31.2. The molecule has 2 aliphatic rings. The summed E-state index contributed by atoms with van der Waals surface area (Å²) < 4.78 is 7.75. The lowest BCUT2D eigenvalue weighted by molar-refractivity contribution is 0.0980. The Hall–Kier alpha value is -1.53. The Morgan fingerprint density at radius 3 is 2.91 bits per heavy atom. The lowest BCUT2D eigenvalue weighted by atomic mass is 9.91. The molecule has 6 heteroatoms. The number of methoxy groups -OCH3 is 1. The molecule has 2 aromatic rings. The average molecular weight is 315 g/mol. The van der Waals surface area contributed by atoms with Crippen LogP contribution in [-0.4, -0.2) is 50.3 Å². The first-order chi connectivity index (χ1) is 11.1. The number of nitrogens with zero attached hydrogens (tertiary/aromatic N) is 5. The van der Waals surface area contributed by atoms with Crippen molar-refractivity contribution < 1.29 is 4.74 Å². The summed E-state index contributed by atoms with van der Waals surface area (Å²) in [6.45, 7) is 5.75. The second-order valence-electron chi connectivity index (χ2n) is 7.73. The van der Waals surface area contributed by atoms with Gasteiger partial charge in [-0.05, 0) is 31.1 Å². The first-order valence-corrected chi connectivity index (χ1v) is 8.50. The van der Waals surface area contributed by atoms with Crippen molar-refractivity contribution in [3.8, 4) is 0 Å². The quantitative estimate of drug-likeness (QED) is 0.871. The zero-order chi connectivity index (χ0) is 16.0. The minimum Gasteiger partial charge on any atom is -0.380 e. The number of likely N-dealkylation sites (tertiary alicyclic amines) is 1. The van der Waals surface area contributed by atoms with Crippen LogP contribution in [0.4, 0.5) is 0 Å². The van der Waals surface area contributed by atoms with Crippen LogP contribution in [0.5, 0.6) is 0 Å². The van der Waals surface area contributed by atoms with E-state index in [0.717, 1.165) is 24.4 Å². The van der Waals surface area contributed by atoms with Gasteiger partial charge in [-0.3, -0.25) is 14.3 Å². The van der Waals surface area contributed by atoms with Crippen LogP contribution in [0, 0.1) is 5.41 Å². The van der Waals surface area contributed by atoms with E-state index in [1.807, 2.05) is 13.3 Å². The van der Waals surface area contributed by atoms with Crippen molar-refractivity contribution in [1.82, 2.24) is 24.5 Å². The number of hydrogen-bond acceptors (Lipinski definition) is 5. The highest BCUT2D eigenvalue weighted by atomic mass is 16.5. The van der Waals surface area contributed by atoms with Crippen LogP contribution in [0.3, 0.4) is 0 Å². The molecule has 1 saturated carbocycles. The molecule has 6 nitrogen and oxygen atoms in total. The Morgan fingerprint density at radius 1 is 1.30 bits per heavy atom. The molecule has 3 heterocycles. The van der Waals surface area contributed by atoms with Gasteiger partial charge in [0.05, 0.1) is 18.3 Å². The van der Waals surface area contributed by atoms with Crippen LogP contribution < -0.4 is 0 Å². The largest absolute Gasteiger partial charge is 0.380 e. The second kappa shape index (κ2) is 5.53. The van der Waals surface area contributed by atoms with Crippen LogP contribution in [-0.2, 0) is 4.74 Å². The van der Waals surface area contributed by atoms with Crippen LogP contribution >= 0.6 is 0 Å². The molecule has 0 N–H and O–H groups in total. The molecular formula is C17H25N5O. The maximum absolute atomic E-state index is 5.68. The van der Waals surface area contributed by atoms with Crippen molar-refractivity contribution in [2.24, 2.45) is 5.41 Å². The summed E-state index contributed by atoms with van der Waals surface area (Å²) in [6, 6.07) is 0.889. The molecule has 0 aromatic carbocycles. The molecule has 1 aliphatic carbocycles. The Bertz CT molecular complexity index is 697. The fourth-order valence-electron chi connectivity index (χ4n) is 4.33. The number of ether oxygens (including phenoxy) is 1. The van der Waals surface area contributed by atoms with Gasteiger partial charge in [0.2, 0.25) is 0 Å². The van der Waals surface area contributed by atoms with E-state index in [2.05, 4.69) is 38.3 Å². The smallest absolute Gasteiger partial charge is 0.179 e. The van der Waals surface area contributed by atoms with Crippen molar-refractivity contribution in [1.29, 1.82) is 0 Å². The molecule has 3 atom stereocenters. The van der Waals surface area contributed by atoms with Crippen LogP contribution in [0.15, 0.2) is 18.6 Å². The van der Waals surface area contributed by atoms with Crippen molar-refractivity contribution >= 4 is 5.65 Å². The molecule has 124 valence electrons. The second-order valence-corrected chi connectivity index (χ2v) is 7.73. The van der Waals surface area contributed by atoms with Crippen LogP contribution in [0.1, 0.15) is 51.4 Å². The molecule has 4 rings (SSSR count). The average Bonchev–Trinajstić information content (AvgIpc) is 3.22. The first kappa shape index (κ1) is 15.0. The van der Waals surface area contributed by atoms with E-state index >= 15 is 0 Å². The third-order valence-corrected chi connectivity index (χ3v) is 5.58. The molecule has 1 unspecified atom stereocenters. The van der Waals surface area contributed by atoms with E-state index < -0.39 is 0 Å². The maximum Gasteiger partial charge on any atom is 0.179 e. The highest BCUT2D eigenvalue weighted by molar-refractivity contribution is 5.34. The Labute approximate surface area is 136 Å². The van der Waals surface area contributed by atoms with Crippen molar-refractivity contribution in [3.05, 3.63) is 24.4 Å². The zero-order valence-corrected chi connectivity index (χ0v) is 14.1. The third kappa shape index (κ3) is 2.64. The Morgan fingerprint density at radius 2 is 2.17 bits per heavy atom. The molecule has 2 aromatic heterocycles. The molecule has 0 radical (unpaired) electrons. The van der Waals surface area contributed by atoms with Crippen molar-refractivity contribution in [2.45, 2.75) is 57.7 Å². The standard InChI is InChI=1S/C17H25N5O/c1-17(2)5-4-12(9-17)22-11-13(23-3)8-14(22)16-20-19-15-10-18-6-7-21(15)16/h6-7,10,12-14H,4-5,8-9,11H2,1-3H3/t12?,13-,14+/m1/s1. The summed E-state index contributed by atoms with van der Waals surface area (Å²) in [7, 11) is 1.82. The summed E-state index contributed by atoms with van der Waals surface area (Å²) in [5.41, 5.74) is 1.26. The van der Waals surface area contributed by atoms with E-state index in [9.17, 15) is 0 Å². The lowest BCUT2D eigenvalue weighted by Crippen LogP contribution is -2.35. The third-order valence-electron chi connectivity index (χ3n) is 5.58. The van der Waals surface area contributed by atoms with E-state index in [-0.39, 0.29) is 12.1 Å². The predicted octanol–water partition coefficient (Wildman–Crippen LogP) is 2.46. The van der Waals surface area contributed by atoms with Gasteiger partial charge in [-0.25, -0.2) is 0 Å². The van der Waals surface area contributed by atoms with Gasteiger partial charge in [0.1, 0.15) is 0 Å². The molecule has 1 aliphatic heterocycles. The molecule has 0 amide bonds. The molecule has 23 heavy (non-hydrogen) atoms. The highest BCUT2D eigenvalue weighted by Gasteiger charge is 2.43. The van der Waals surface area contributed by atoms with Crippen LogP contribution in [0.25, 0.3) is 5.65 Å². The molecule has 0 spiro atoms. The molecular weight excluding hydrogens is 290 g/mol. The summed E-state index contributed by atoms with van der Waals surface area (Å²) in [5.74, 6) is 1.02. The van der Waals surface area contributed by atoms with Gasteiger partial charge in [-0.2, -0.15) is 0 Å². The monoisotopic (exact) mass is 315 g/mol. The van der Waals surface area contributed by atoms with Gasteiger partial charge < -0.3 is 4.74 Å². The van der Waals surface area contributed by atoms with E-state index in [1.54, 1.807) is 12.4 Å². The van der Waals surface area contributed by atoms with Gasteiger partial charge in [0.25, 0.3) is 0 Å². The van der Waals surface area contributed by atoms with E-state index in [4.69, 9.17) is 4.74 Å². The number of aromatic nitrogens is 4. The summed E-state index contributed by atoms with van der Waals surface area (Å²) in [6.07, 6.45) is 10.6. The van der Waals surface area contributed by atoms with Gasteiger partial charge in [-0.15, -0.1) is 10.2 Å². The summed E-state index contributed by atoms with van der Waals surface area (Å²) in [4.78, 5) is 6.75. The van der Waals surface area contributed by atoms with E-state index in [1.165, 1.54) is 19.3 Å². The van der Waals surface area contributed by atoms with Crippen LogP contribution in [0.2, 0.25) is 0 Å². The zero-order valence-electron chi connectivity index (χ0n) is 14.1. The fourth-order valence-corrected chi connectivity index (χ4v) is 4.33. The van der Waals surface area contributed by atoms with Crippen molar-refractivity contribution in [3.63, 3.8) is 0 Å². The van der Waals surface area contributed by atoms with Gasteiger partial charge in [0, 0.05) is 32.1 Å². The predicted molar refractivity (Wildman–Crippen MR) is 87.1 cm³/mol. The number of fused-ring (bicyclic) bond motifs is 1. The SMILES string of the molecule is CO[C@@H]1C[C@@H](c2nnc3cnccn23)N(C2CCC(C)(C)C2)C1. The van der Waals surface area contributed by atoms with Gasteiger partial charge >= 0.3 is 0 Å². The van der Waals surface area contributed by atoms with Gasteiger partial charge in [-0.1, -0.05) is 13.8 Å². The lowest BCUT2D eigenvalue weighted by Gasteiger charge is -2.30. The first-order valence-electron chi connectivity index (χ1n) is 8.50. The number of rotatable bonds is 3. The summed E-state index contributed by atoms with van der Waals surface area (Å²) >= 11 is 0. The molecule has 2 fully saturated rings. The maximum atomic E-state index is 5.68. The summed E-state index contributed by atoms with van der Waals surface area (Å²) in [5, 5.41) is 8.77. The Kier molecular flexibility index (Phi) is 3.61. The Balaban J connectivity index is 1.67. The fraction of sp³-hybridized carbons (Fsp3) is 0.706. The molecule has 1 saturated heterocycles. The highest BCUT2D eigenvalue weighted by Crippen LogP contribution is 2.44. The minimum absolute atomic E-state index is 0.274. The van der Waals surface area contributed by atoms with Crippen molar-refractivity contribution in [2.75, 3.05) is 13.7 Å². The minimum atomic E-state index is 0.274. The van der Waals surface area contributed by atoms with Gasteiger partial charge in [0.15, 0.2) is 11.5 Å². The number of hydrogen-bond donors (Lipinski definition) is 0.